The number of pyridine rings is 1. The van der Waals surface area contributed by atoms with Crippen LogP contribution in [-0.2, 0) is 17.5 Å². The van der Waals surface area contributed by atoms with Gasteiger partial charge in [-0.2, -0.15) is 18.3 Å². The molecule has 1 fully saturated rings. The Morgan fingerprint density at radius 1 is 1.16 bits per heavy atom. The lowest BCUT2D eigenvalue weighted by molar-refractivity contribution is -0.141. The van der Waals surface area contributed by atoms with Crippen LogP contribution < -0.4 is 5.69 Å². The molecule has 168 valence electrons. The molecule has 0 aliphatic carbocycles. The van der Waals surface area contributed by atoms with Crippen molar-refractivity contribution in [3.8, 4) is 0 Å². The van der Waals surface area contributed by atoms with Crippen LogP contribution in [0, 0.1) is 0 Å². The fraction of sp³-hybridized carbons (Fsp3) is 0.579. The number of hydrogen-bond donors (Lipinski definition) is 0. The van der Waals surface area contributed by atoms with Crippen LogP contribution in [-0.4, -0.2) is 55.6 Å². The number of nitrogens with zero attached hydrogens (tertiary/aromatic N) is 5. The fourth-order valence-electron chi connectivity index (χ4n) is 4.04. The number of amides is 1. The molecule has 2 aromatic rings. The summed E-state index contributed by atoms with van der Waals surface area (Å²) in [5.41, 5.74) is -1.32. The third-order valence-electron chi connectivity index (χ3n) is 5.75. The fourth-order valence-corrected chi connectivity index (χ4v) is 4.04. The molecule has 0 radical (unpaired) electrons. The number of alkyl halides is 5. The van der Waals surface area contributed by atoms with Crippen LogP contribution >= 0.6 is 0 Å². The van der Waals surface area contributed by atoms with E-state index in [2.05, 4.69) is 10.1 Å². The van der Waals surface area contributed by atoms with Gasteiger partial charge in [-0.15, -0.1) is 0 Å². The van der Waals surface area contributed by atoms with Gasteiger partial charge in [-0.05, 0) is 24.5 Å². The van der Waals surface area contributed by atoms with Crippen molar-refractivity contribution in [2.75, 3.05) is 13.1 Å². The minimum Gasteiger partial charge on any atom is -0.335 e. The van der Waals surface area contributed by atoms with Crippen LogP contribution in [0.5, 0.6) is 0 Å². The maximum absolute atomic E-state index is 13.6. The van der Waals surface area contributed by atoms with Crippen molar-refractivity contribution in [2.24, 2.45) is 0 Å². The molecule has 2 aromatic heterocycles. The Bertz CT molecular complexity index is 1020. The Hall–Kier alpha value is -2.79. The molecule has 2 aliphatic rings. The van der Waals surface area contributed by atoms with Gasteiger partial charge in [0.25, 0.3) is 0 Å². The first-order valence-electron chi connectivity index (χ1n) is 9.84. The highest BCUT2D eigenvalue weighted by molar-refractivity contribution is 5.81. The molecule has 0 spiro atoms. The molecule has 0 saturated carbocycles. The van der Waals surface area contributed by atoms with E-state index >= 15 is 0 Å². The maximum Gasteiger partial charge on any atom is 0.433 e. The smallest absolute Gasteiger partial charge is 0.335 e. The van der Waals surface area contributed by atoms with E-state index in [9.17, 15) is 31.5 Å². The van der Waals surface area contributed by atoms with Gasteiger partial charge in [-0.25, -0.2) is 18.3 Å². The first-order chi connectivity index (χ1) is 14.6. The van der Waals surface area contributed by atoms with Gasteiger partial charge >= 0.3 is 11.9 Å². The second kappa shape index (κ2) is 7.72. The molecule has 1 saturated heterocycles. The molecular weight excluding hydrogens is 425 g/mol. The summed E-state index contributed by atoms with van der Waals surface area (Å²) in [7, 11) is 0. The van der Waals surface area contributed by atoms with Crippen molar-refractivity contribution in [3.63, 3.8) is 0 Å². The van der Waals surface area contributed by atoms with Crippen LogP contribution in [0.1, 0.15) is 48.8 Å². The molecule has 31 heavy (non-hydrogen) atoms. The van der Waals surface area contributed by atoms with Crippen molar-refractivity contribution < 1.29 is 26.7 Å². The second-order valence-corrected chi connectivity index (χ2v) is 7.99. The van der Waals surface area contributed by atoms with Gasteiger partial charge in [0, 0.05) is 12.1 Å². The predicted octanol–water partition coefficient (Wildman–Crippen LogP) is 2.46. The first-order valence-corrected chi connectivity index (χ1v) is 9.84. The van der Waals surface area contributed by atoms with Crippen LogP contribution in [0.3, 0.4) is 0 Å². The van der Waals surface area contributed by atoms with Gasteiger partial charge in [-0.3, -0.25) is 14.3 Å². The van der Waals surface area contributed by atoms with E-state index in [0.717, 1.165) is 21.8 Å². The quantitative estimate of drug-likeness (QED) is 0.681. The highest BCUT2D eigenvalue weighted by atomic mass is 19.4. The summed E-state index contributed by atoms with van der Waals surface area (Å²) in [5, 5.41) is 4.29. The average Bonchev–Trinajstić information content (AvgIpc) is 3.22. The van der Waals surface area contributed by atoms with Crippen molar-refractivity contribution in [1.82, 2.24) is 24.2 Å². The Labute approximate surface area is 173 Å². The standard InChI is InChI=1S/C19H20F5N5O2/c1-10-2-4-14(17(30)27-8-12(20)13(21)9-27)29-16(10)26-28(18(29)31)7-11-3-5-15(25-6-11)19(22,23)24/h3,5-6,10,12-14H,2,4,7-9H2,1H3. The second-order valence-electron chi connectivity index (χ2n) is 7.99. The van der Waals surface area contributed by atoms with Gasteiger partial charge < -0.3 is 4.90 Å². The van der Waals surface area contributed by atoms with Crippen LogP contribution in [0.2, 0.25) is 0 Å². The summed E-state index contributed by atoms with van der Waals surface area (Å²) in [6.45, 7) is 0.997. The Balaban J connectivity index is 1.61. The van der Waals surface area contributed by atoms with Crippen molar-refractivity contribution >= 4 is 5.91 Å². The molecule has 4 heterocycles. The lowest BCUT2D eigenvalue weighted by Gasteiger charge is -2.29. The number of likely N-dealkylation sites (tertiary alicyclic amines) is 1. The third-order valence-corrected chi connectivity index (χ3v) is 5.75. The maximum atomic E-state index is 13.6. The topological polar surface area (TPSA) is 73.0 Å². The van der Waals surface area contributed by atoms with E-state index in [4.69, 9.17) is 0 Å². The van der Waals surface area contributed by atoms with E-state index in [1.807, 2.05) is 6.92 Å². The van der Waals surface area contributed by atoms with Gasteiger partial charge in [0.15, 0.2) is 12.3 Å². The van der Waals surface area contributed by atoms with E-state index in [-0.39, 0.29) is 25.6 Å². The van der Waals surface area contributed by atoms with Crippen LogP contribution in [0.4, 0.5) is 22.0 Å². The van der Waals surface area contributed by atoms with Gasteiger partial charge in [0.1, 0.15) is 17.6 Å². The lowest BCUT2D eigenvalue weighted by atomic mass is 9.95. The average molecular weight is 445 g/mol. The van der Waals surface area contributed by atoms with Crippen molar-refractivity contribution in [3.05, 3.63) is 45.9 Å². The molecule has 4 unspecified atom stereocenters. The Kier molecular flexibility index (Phi) is 5.34. The summed E-state index contributed by atoms with van der Waals surface area (Å²) >= 11 is 0. The van der Waals surface area contributed by atoms with Gasteiger partial charge in [0.05, 0.1) is 19.6 Å². The zero-order valence-corrected chi connectivity index (χ0v) is 16.5. The zero-order valence-electron chi connectivity index (χ0n) is 16.5. The normalized spacial score (nSPS) is 26.2. The summed E-state index contributed by atoms with van der Waals surface area (Å²) in [4.78, 5) is 30.3. The van der Waals surface area contributed by atoms with Crippen LogP contribution in [0.25, 0.3) is 0 Å². The molecule has 12 heteroatoms. The minimum absolute atomic E-state index is 0.125. The third kappa shape index (κ3) is 3.94. The van der Waals surface area contributed by atoms with Crippen molar-refractivity contribution in [1.29, 1.82) is 0 Å². The number of rotatable bonds is 3. The van der Waals surface area contributed by atoms with Crippen LogP contribution in [0.15, 0.2) is 23.1 Å². The molecule has 2 aliphatic heterocycles. The Morgan fingerprint density at radius 2 is 1.84 bits per heavy atom. The number of fused-ring (bicyclic) bond motifs is 1. The number of aromatic nitrogens is 4. The monoisotopic (exact) mass is 445 g/mol. The largest absolute Gasteiger partial charge is 0.433 e. The number of carbonyl (C=O) groups excluding carboxylic acids is 1. The molecule has 1 amide bonds. The van der Waals surface area contributed by atoms with E-state index < -0.39 is 41.9 Å². The molecule has 0 bridgehead atoms. The lowest BCUT2D eigenvalue weighted by Crippen LogP contribution is -2.42. The number of carbonyl (C=O) groups is 1. The minimum atomic E-state index is -4.57. The first kappa shape index (κ1) is 21.4. The van der Waals surface area contributed by atoms with Gasteiger partial charge in [0.2, 0.25) is 5.91 Å². The SMILES string of the molecule is CC1CCC(C(=O)N2CC(F)C(F)C2)n2c1nn(Cc1ccc(C(F)(F)F)nc1)c2=O. The highest BCUT2D eigenvalue weighted by Gasteiger charge is 2.41. The van der Waals surface area contributed by atoms with E-state index in [1.54, 1.807) is 0 Å². The summed E-state index contributed by atoms with van der Waals surface area (Å²) in [6, 6.07) is 1.11. The molecule has 0 aromatic carbocycles. The number of halogens is 5. The summed E-state index contributed by atoms with van der Waals surface area (Å²) < 4.78 is 67.5. The summed E-state index contributed by atoms with van der Waals surface area (Å²) in [5.74, 6) is -0.304. The summed E-state index contributed by atoms with van der Waals surface area (Å²) in [6.07, 6.45) is -6.17. The van der Waals surface area contributed by atoms with Crippen molar-refractivity contribution in [2.45, 2.75) is 56.8 Å². The van der Waals surface area contributed by atoms with E-state index in [1.165, 1.54) is 10.6 Å². The van der Waals surface area contributed by atoms with E-state index in [0.29, 0.717) is 24.2 Å². The predicted molar refractivity (Wildman–Crippen MR) is 97.9 cm³/mol. The molecule has 4 rings (SSSR count). The molecular formula is C19H20F5N5O2. The zero-order chi connectivity index (χ0) is 22.5. The number of hydrogen-bond acceptors (Lipinski definition) is 4. The highest BCUT2D eigenvalue weighted by Crippen LogP contribution is 2.33. The molecule has 4 atom stereocenters. The Morgan fingerprint density at radius 3 is 2.42 bits per heavy atom. The molecule has 0 N–H and O–H groups in total. The van der Waals surface area contributed by atoms with Gasteiger partial charge in [-0.1, -0.05) is 13.0 Å². The molecule has 7 nitrogen and oxygen atoms in total.